The van der Waals surface area contributed by atoms with E-state index in [0.717, 1.165) is 11.3 Å². The van der Waals surface area contributed by atoms with Crippen LogP contribution in [0.1, 0.15) is 15.9 Å². The van der Waals surface area contributed by atoms with Crippen LogP contribution in [0.4, 0.5) is 11.5 Å². The second-order valence-electron chi connectivity index (χ2n) is 3.61. The Balaban J connectivity index is 2.16. The lowest BCUT2D eigenvalue weighted by Gasteiger charge is -2.05. The summed E-state index contributed by atoms with van der Waals surface area (Å²) in [6, 6.07) is 5.05. The predicted molar refractivity (Wildman–Crippen MR) is 63.5 cm³/mol. The van der Waals surface area contributed by atoms with Crippen molar-refractivity contribution in [3.05, 3.63) is 47.9 Å². The zero-order chi connectivity index (χ0) is 12.3. The van der Waals surface area contributed by atoms with Gasteiger partial charge >= 0.3 is 5.97 Å². The molecular weight excluding hydrogens is 218 g/mol. The van der Waals surface area contributed by atoms with Crippen molar-refractivity contribution >= 4 is 17.5 Å². The summed E-state index contributed by atoms with van der Waals surface area (Å²) in [5, 5.41) is 11.8. The van der Waals surface area contributed by atoms with E-state index in [1.165, 1.54) is 12.3 Å². The molecule has 0 aliphatic carbocycles. The van der Waals surface area contributed by atoms with Gasteiger partial charge in [-0.25, -0.2) is 9.78 Å². The lowest BCUT2D eigenvalue weighted by Crippen LogP contribution is -1.99. The van der Waals surface area contributed by atoms with Gasteiger partial charge in [0.25, 0.3) is 0 Å². The second kappa shape index (κ2) is 4.61. The molecule has 0 spiro atoms. The highest BCUT2D eigenvalue weighted by Crippen LogP contribution is 2.14. The first-order chi connectivity index (χ1) is 8.15. The van der Waals surface area contributed by atoms with Gasteiger partial charge in [0.05, 0.1) is 17.4 Å². The first-order valence-electron chi connectivity index (χ1n) is 5.03. The summed E-state index contributed by atoms with van der Waals surface area (Å²) in [6.07, 6.45) is 4.75. The molecule has 0 fully saturated rings. The van der Waals surface area contributed by atoms with Crippen molar-refractivity contribution in [2.24, 2.45) is 0 Å². The molecule has 5 heteroatoms. The molecule has 0 atom stereocenters. The first kappa shape index (κ1) is 11.1. The van der Waals surface area contributed by atoms with Crippen molar-refractivity contribution in [2.75, 3.05) is 5.32 Å². The van der Waals surface area contributed by atoms with Gasteiger partial charge in [-0.05, 0) is 30.7 Å². The van der Waals surface area contributed by atoms with E-state index < -0.39 is 5.97 Å². The molecule has 2 aromatic heterocycles. The number of aromatic nitrogens is 2. The average Bonchev–Trinajstić information content (AvgIpc) is 2.29. The van der Waals surface area contributed by atoms with E-state index in [2.05, 4.69) is 15.3 Å². The molecule has 0 aliphatic rings. The Morgan fingerprint density at radius 2 is 2.12 bits per heavy atom. The minimum absolute atomic E-state index is 0.165. The number of rotatable bonds is 3. The van der Waals surface area contributed by atoms with Crippen LogP contribution < -0.4 is 5.32 Å². The maximum Gasteiger partial charge on any atom is 0.337 e. The number of nitrogens with zero attached hydrogens (tertiary/aromatic N) is 2. The number of carboxylic acids is 1. The molecule has 2 aromatic rings. The third-order valence-electron chi connectivity index (χ3n) is 2.16. The van der Waals surface area contributed by atoms with Crippen LogP contribution in [0.3, 0.4) is 0 Å². The fourth-order valence-corrected chi connectivity index (χ4v) is 1.37. The Morgan fingerprint density at radius 3 is 2.71 bits per heavy atom. The van der Waals surface area contributed by atoms with Crippen LogP contribution in [0, 0.1) is 6.92 Å². The molecule has 0 aliphatic heterocycles. The highest BCUT2D eigenvalue weighted by atomic mass is 16.4. The van der Waals surface area contributed by atoms with Crippen molar-refractivity contribution in [1.82, 2.24) is 9.97 Å². The van der Waals surface area contributed by atoms with Crippen LogP contribution in [0.5, 0.6) is 0 Å². The second-order valence-corrected chi connectivity index (χ2v) is 3.61. The van der Waals surface area contributed by atoms with Gasteiger partial charge in [0, 0.05) is 12.4 Å². The normalized spacial score (nSPS) is 9.94. The quantitative estimate of drug-likeness (QED) is 0.844. The van der Waals surface area contributed by atoms with Crippen LogP contribution in [0.2, 0.25) is 0 Å². The summed E-state index contributed by atoms with van der Waals surface area (Å²) < 4.78 is 0. The number of aryl methyl sites for hydroxylation is 1. The number of nitrogens with one attached hydrogen (secondary N) is 1. The summed E-state index contributed by atoms with van der Waals surface area (Å²) in [5.74, 6) is -0.399. The van der Waals surface area contributed by atoms with Crippen molar-refractivity contribution in [3.8, 4) is 0 Å². The maximum atomic E-state index is 10.6. The number of aromatic carboxylic acids is 1. The zero-order valence-electron chi connectivity index (χ0n) is 9.21. The minimum Gasteiger partial charge on any atom is -0.478 e. The Hall–Kier alpha value is -2.43. The fraction of sp³-hybridized carbons (Fsp3) is 0.0833. The summed E-state index contributed by atoms with van der Waals surface area (Å²) >= 11 is 0. The van der Waals surface area contributed by atoms with Crippen LogP contribution in [0.25, 0.3) is 0 Å². The molecule has 2 rings (SSSR count). The van der Waals surface area contributed by atoms with E-state index in [0.29, 0.717) is 5.82 Å². The van der Waals surface area contributed by atoms with E-state index in [1.54, 1.807) is 18.5 Å². The Morgan fingerprint density at radius 1 is 1.29 bits per heavy atom. The third-order valence-corrected chi connectivity index (χ3v) is 2.16. The third kappa shape index (κ3) is 2.78. The molecule has 0 radical (unpaired) electrons. The van der Waals surface area contributed by atoms with Crippen LogP contribution in [-0.2, 0) is 0 Å². The van der Waals surface area contributed by atoms with Gasteiger partial charge in [0.2, 0.25) is 0 Å². The molecule has 2 N–H and O–H groups in total. The standard InChI is InChI=1S/C12H11N3O2/c1-8-4-10(7-13-5-8)15-11-3-2-9(6-14-11)12(16)17/h2-7H,1H3,(H,14,15)(H,16,17). The molecule has 17 heavy (non-hydrogen) atoms. The highest BCUT2D eigenvalue weighted by Gasteiger charge is 2.03. The monoisotopic (exact) mass is 229 g/mol. The molecule has 2 heterocycles. The van der Waals surface area contributed by atoms with Crippen LogP contribution in [-0.4, -0.2) is 21.0 Å². The van der Waals surface area contributed by atoms with Crippen molar-refractivity contribution in [3.63, 3.8) is 0 Å². The van der Waals surface area contributed by atoms with Gasteiger partial charge in [-0.15, -0.1) is 0 Å². The van der Waals surface area contributed by atoms with Crippen LogP contribution in [0.15, 0.2) is 36.8 Å². The van der Waals surface area contributed by atoms with Gasteiger partial charge in [-0.3, -0.25) is 4.98 Å². The Labute approximate surface area is 98.2 Å². The summed E-state index contributed by atoms with van der Waals surface area (Å²) in [7, 11) is 0. The predicted octanol–water partition coefficient (Wildman–Crippen LogP) is 2.23. The summed E-state index contributed by atoms with van der Waals surface area (Å²) in [5.41, 5.74) is 2.02. The number of hydrogen-bond acceptors (Lipinski definition) is 4. The summed E-state index contributed by atoms with van der Waals surface area (Å²) in [6.45, 7) is 1.94. The average molecular weight is 229 g/mol. The number of hydrogen-bond donors (Lipinski definition) is 2. The zero-order valence-corrected chi connectivity index (χ0v) is 9.21. The molecule has 0 bridgehead atoms. The lowest BCUT2D eigenvalue weighted by atomic mass is 10.2. The lowest BCUT2D eigenvalue weighted by molar-refractivity contribution is 0.0696. The molecule has 0 saturated carbocycles. The van der Waals surface area contributed by atoms with E-state index in [1.807, 2.05) is 13.0 Å². The van der Waals surface area contributed by atoms with Crippen LogP contribution >= 0.6 is 0 Å². The Kier molecular flexibility index (Phi) is 3.00. The molecular formula is C12H11N3O2. The topological polar surface area (TPSA) is 75.1 Å². The molecule has 86 valence electrons. The van der Waals surface area contributed by atoms with E-state index in [-0.39, 0.29) is 5.56 Å². The van der Waals surface area contributed by atoms with E-state index in [4.69, 9.17) is 5.11 Å². The van der Waals surface area contributed by atoms with E-state index in [9.17, 15) is 4.79 Å². The van der Waals surface area contributed by atoms with Crippen molar-refractivity contribution < 1.29 is 9.90 Å². The molecule has 0 unspecified atom stereocenters. The van der Waals surface area contributed by atoms with E-state index >= 15 is 0 Å². The molecule has 0 saturated heterocycles. The molecule has 0 amide bonds. The first-order valence-corrected chi connectivity index (χ1v) is 5.03. The largest absolute Gasteiger partial charge is 0.478 e. The van der Waals surface area contributed by atoms with Gasteiger partial charge in [-0.1, -0.05) is 0 Å². The SMILES string of the molecule is Cc1cncc(Nc2ccc(C(=O)O)cn2)c1. The number of carboxylic acid groups (broad SMARTS) is 1. The number of pyridine rings is 2. The summed E-state index contributed by atoms with van der Waals surface area (Å²) in [4.78, 5) is 18.7. The fourth-order valence-electron chi connectivity index (χ4n) is 1.37. The van der Waals surface area contributed by atoms with Crippen molar-refractivity contribution in [1.29, 1.82) is 0 Å². The van der Waals surface area contributed by atoms with Gasteiger partial charge in [0.1, 0.15) is 5.82 Å². The minimum atomic E-state index is -0.985. The van der Waals surface area contributed by atoms with Crippen molar-refractivity contribution in [2.45, 2.75) is 6.92 Å². The Bertz CT molecular complexity index is 538. The number of anilines is 2. The van der Waals surface area contributed by atoms with Gasteiger partial charge < -0.3 is 10.4 Å². The maximum absolute atomic E-state index is 10.6. The molecule has 0 aromatic carbocycles. The molecule has 5 nitrogen and oxygen atoms in total. The van der Waals surface area contributed by atoms with Gasteiger partial charge in [0.15, 0.2) is 0 Å². The number of carbonyl (C=O) groups is 1. The smallest absolute Gasteiger partial charge is 0.337 e. The highest BCUT2D eigenvalue weighted by molar-refractivity contribution is 5.87. The van der Waals surface area contributed by atoms with Gasteiger partial charge in [-0.2, -0.15) is 0 Å².